The average Bonchev–Trinajstić information content (AvgIpc) is 3.34. The molecule has 2 aromatic carbocycles. The summed E-state index contributed by atoms with van der Waals surface area (Å²) in [5.41, 5.74) is 6.94. The highest BCUT2D eigenvalue weighted by Crippen LogP contribution is 2.42. The molecule has 1 N–H and O–H groups in total. The Morgan fingerprint density at radius 2 is 1.82 bits per heavy atom. The van der Waals surface area contributed by atoms with Gasteiger partial charge in [-0.25, -0.2) is 9.97 Å². The lowest BCUT2D eigenvalue weighted by Crippen LogP contribution is -1.94. The van der Waals surface area contributed by atoms with Crippen molar-refractivity contribution in [2.75, 3.05) is 7.11 Å². The molecule has 0 saturated carbocycles. The second kappa shape index (κ2) is 7.53. The lowest BCUT2D eigenvalue weighted by atomic mass is 9.99. The monoisotopic (exact) mass is 469 g/mol. The number of benzene rings is 2. The molecule has 0 bridgehead atoms. The van der Waals surface area contributed by atoms with Crippen LogP contribution in [-0.2, 0) is 0 Å². The average molecular weight is 470 g/mol. The second-order valence-corrected chi connectivity index (χ2v) is 8.72. The summed E-state index contributed by atoms with van der Waals surface area (Å²) in [4.78, 5) is 17.5. The first-order chi connectivity index (χ1) is 16.4. The van der Waals surface area contributed by atoms with Crippen LogP contribution in [0.15, 0.2) is 47.1 Å². The fourth-order valence-electron chi connectivity index (χ4n) is 4.69. The third kappa shape index (κ3) is 3.04. The number of methoxy groups -OCH3 is 1. The number of halogens is 1. The molecule has 0 atom stereocenters. The number of ether oxygens (including phenoxy) is 1. The highest BCUT2D eigenvalue weighted by Gasteiger charge is 2.21. The number of aromatic nitrogens is 5. The van der Waals surface area contributed by atoms with Crippen molar-refractivity contribution in [3.63, 3.8) is 0 Å². The molecule has 4 aromatic heterocycles. The minimum Gasteiger partial charge on any atom is -0.496 e. The van der Waals surface area contributed by atoms with E-state index in [1.54, 1.807) is 13.3 Å². The molecule has 6 aromatic rings. The number of hydrogen-bond donors (Lipinski definition) is 1. The van der Waals surface area contributed by atoms with Crippen LogP contribution in [0.1, 0.15) is 17.3 Å². The minimum atomic E-state index is 0.643. The van der Waals surface area contributed by atoms with E-state index in [9.17, 15) is 0 Å². The number of nitrogens with zero attached hydrogens (tertiary/aromatic N) is 4. The van der Waals surface area contributed by atoms with Crippen molar-refractivity contribution < 1.29 is 9.26 Å². The Bertz CT molecular complexity index is 1730. The standard InChI is InChI=1S/C26H20ClN5O2/c1-12-23(13(2)34-32-12)19-10-21-18(11-22(19)33-4)24-25(29-14(3)30-26(24)31-21)17-7-8-28-20-9-15(27)5-6-16(17)20/h5-11H,1-4H3,(H,29,30,31). The van der Waals surface area contributed by atoms with Crippen molar-refractivity contribution in [3.8, 4) is 28.1 Å². The Hall–Kier alpha value is -3.97. The van der Waals surface area contributed by atoms with Crippen LogP contribution in [0.3, 0.4) is 0 Å². The van der Waals surface area contributed by atoms with E-state index in [-0.39, 0.29) is 0 Å². The van der Waals surface area contributed by atoms with Crippen molar-refractivity contribution in [2.24, 2.45) is 0 Å². The molecule has 6 rings (SSSR count). The first-order valence-electron chi connectivity index (χ1n) is 10.8. The van der Waals surface area contributed by atoms with Crippen LogP contribution in [0.4, 0.5) is 0 Å². The number of aryl methyl sites for hydroxylation is 3. The summed E-state index contributed by atoms with van der Waals surface area (Å²) >= 11 is 6.21. The Balaban J connectivity index is 1.70. The number of fused-ring (bicyclic) bond motifs is 4. The van der Waals surface area contributed by atoms with Gasteiger partial charge in [0.2, 0.25) is 0 Å². The number of H-pyrrole nitrogens is 1. The van der Waals surface area contributed by atoms with Crippen LogP contribution < -0.4 is 4.74 Å². The lowest BCUT2D eigenvalue weighted by Gasteiger charge is -2.10. The van der Waals surface area contributed by atoms with E-state index in [1.807, 2.05) is 51.1 Å². The maximum Gasteiger partial charge on any atom is 0.142 e. The van der Waals surface area contributed by atoms with Crippen LogP contribution in [0.25, 0.3) is 55.2 Å². The Morgan fingerprint density at radius 3 is 2.59 bits per heavy atom. The van der Waals surface area contributed by atoms with Crippen LogP contribution in [-0.4, -0.2) is 32.2 Å². The molecule has 0 amide bonds. The van der Waals surface area contributed by atoms with Gasteiger partial charge in [-0.15, -0.1) is 0 Å². The Morgan fingerprint density at radius 1 is 0.971 bits per heavy atom. The van der Waals surface area contributed by atoms with Gasteiger partial charge in [0.05, 0.1) is 35.0 Å². The van der Waals surface area contributed by atoms with E-state index in [4.69, 9.17) is 30.8 Å². The van der Waals surface area contributed by atoms with E-state index in [0.717, 1.165) is 72.4 Å². The zero-order valence-corrected chi connectivity index (χ0v) is 19.8. The molecule has 0 saturated heterocycles. The van der Waals surface area contributed by atoms with Gasteiger partial charge in [-0.3, -0.25) is 4.98 Å². The predicted molar refractivity (Wildman–Crippen MR) is 133 cm³/mol. The van der Waals surface area contributed by atoms with Crippen molar-refractivity contribution >= 4 is 44.4 Å². The topological polar surface area (TPSA) is 89.7 Å². The molecular weight excluding hydrogens is 450 g/mol. The maximum atomic E-state index is 6.21. The number of hydrogen-bond acceptors (Lipinski definition) is 6. The number of aromatic amines is 1. The highest BCUT2D eigenvalue weighted by atomic mass is 35.5. The van der Waals surface area contributed by atoms with Gasteiger partial charge >= 0.3 is 0 Å². The molecule has 0 aliphatic rings. The van der Waals surface area contributed by atoms with Crippen LogP contribution in [0.2, 0.25) is 5.02 Å². The molecule has 34 heavy (non-hydrogen) atoms. The number of nitrogens with one attached hydrogen (secondary N) is 1. The molecule has 0 aliphatic carbocycles. The zero-order chi connectivity index (χ0) is 23.6. The van der Waals surface area contributed by atoms with E-state index in [0.29, 0.717) is 10.8 Å². The Kier molecular flexibility index (Phi) is 4.57. The maximum absolute atomic E-state index is 6.21. The number of pyridine rings is 1. The zero-order valence-electron chi connectivity index (χ0n) is 19.0. The smallest absolute Gasteiger partial charge is 0.142 e. The van der Waals surface area contributed by atoms with E-state index >= 15 is 0 Å². The predicted octanol–water partition coefficient (Wildman–Crippen LogP) is 6.57. The molecule has 8 heteroatoms. The molecule has 4 heterocycles. The summed E-state index contributed by atoms with van der Waals surface area (Å²) < 4.78 is 11.2. The largest absolute Gasteiger partial charge is 0.496 e. The van der Waals surface area contributed by atoms with Gasteiger partial charge in [0, 0.05) is 38.6 Å². The van der Waals surface area contributed by atoms with Gasteiger partial charge in [-0.2, -0.15) is 0 Å². The van der Waals surface area contributed by atoms with Crippen molar-refractivity contribution in [2.45, 2.75) is 20.8 Å². The minimum absolute atomic E-state index is 0.643. The van der Waals surface area contributed by atoms with Crippen molar-refractivity contribution in [1.82, 2.24) is 25.1 Å². The summed E-state index contributed by atoms with van der Waals surface area (Å²) in [6.45, 7) is 5.72. The van der Waals surface area contributed by atoms with E-state index < -0.39 is 0 Å². The fourth-order valence-corrected chi connectivity index (χ4v) is 4.86. The first-order valence-corrected chi connectivity index (χ1v) is 11.2. The van der Waals surface area contributed by atoms with Gasteiger partial charge in [-0.05, 0) is 51.1 Å². The number of rotatable bonds is 3. The van der Waals surface area contributed by atoms with E-state index in [2.05, 4.69) is 21.2 Å². The summed E-state index contributed by atoms with van der Waals surface area (Å²) in [6.07, 6.45) is 1.78. The lowest BCUT2D eigenvalue weighted by molar-refractivity contribution is 0.393. The first kappa shape index (κ1) is 20.6. The van der Waals surface area contributed by atoms with Gasteiger partial charge in [-0.1, -0.05) is 22.8 Å². The Labute approximate surface area is 199 Å². The molecular formula is C26H20ClN5O2. The summed E-state index contributed by atoms with van der Waals surface area (Å²) in [6, 6.07) is 11.8. The molecule has 0 radical (unpaired) electrons. The van der Waals surface area contributed by atoms with E-state index in [1.165, 1.54) is 0 Å². The van der Waals surface area contributed by atoms with Crippen LogP contribution in [0.5, 0.6) is 5.75 Å². The highest BCUT2D eigenvalue weighted by molar-refractivity contribution is 6.31. The fraction of sp³-hybridized carbons (Fsp3) is 0.154. The molecule has 0 unspecified atom stereocenters. The van der Waals surface area contributed by atoms with Crippen molar-refractivity contribution in [1.29, 1.82) is 0 Å². The molecule has 7 nitrogen and oxygen atoms in total. The summed E-state index contributed by atoms with van der Waals surface area (Å²) in [5, 5.41) is 7.62. The van der Waals surface area contributed by atoms with Gasteiger partial charge < -0.3 is 14.2 Å². The third-order valence-corrected chi connectivity index (χ3v) is 6.38. The molecule has 0 aliphatic heterocycles. The van der Waals surface area contributed by atoms with Crippen LogP contribution in [0, 0.1) is 20.8 Å². The molecule has 168 valence electrons. The molecule has 0 spiro atoms. The quantitative estimate of drug-likeness (QED) is 0.315. The summed E-state index contributed by atoms with van der Waals surface area (Å²) in [7, 11) is 1.67. The summed E-state index contributed by atoms with van der Waals surface area (Å²) in [5.74, 6) is 2.14. The van der Waals surface area contributed by atoms with Gasteiger partial charge in [0.25, 0.3) is 0 Å². The van der Waals surface area contributed by atoms with Crippen LogP contribution >= 0.6 is 11.6 Å². The third-order valence-electron chi connectivity index (χ3n) is 6.15. The SMILES string of the molecule is COc1cc2c(cc1-c1c(C)noc1C)[nH]c1nc(C)nc(-c3ccnc4cc(Cl)ccc34)c12. The normalized spacial score (nSPS) is 11.7. The van der Waals surface area contributed by atoms with Gasteiger partial charge in [0.1, 0.15) is 23.0 Å². The van der Waals surface area contributed by atoms with Gasteiger partial charge in [0.15, 0.2) is 0 Å². The molecule has 0 fully saturated rings. The van der Waals surface area contributed by atoms with Crippen molar-refractivity contribution in [3.05, 3.63) is 64.9 Å². The second-order valence-electron chi connectivity index (χ2n) is 8.29.